The summed E-state index contributed by atoms with van der Waals surface area (Å²) in [6, 6.07) is 5.84. The minimum atomic E-state index is -1.16. The molecular weight excluding hydrogens is 366 g/mol. The van der Waals surface area contributed by atoms with E-state index >= 15 is 0 Å². The normalized spacial score (nSPS) is 14.7. The van der Waals surface area contributed by atoms with E-state index in [1.807, 2.05) is 32.9 Å². The Bertz CT molecular complexity index is 880. The van der Waals surface area contributed by atoms with Gasteiger partial charge in [-0.25, -0.2) is 9.97 Å². The molecule has 7 nitrogen and oxygen atoms in total. The molecule has 0 atom stereocenters. The molecule has 1 aliphatic heterocycles. The monoisotopic (exact) mass is 395 g/mol. The van der Waals surface area contributed by atoms with Crippen LogP contribution in [0.5, 0.6) is 0 Å². The second kappa shape index (κ2) is 8.19. The van der Waals surface area contributed by atoms with Crippen molar-refractivity contribution in [3.63, 3.8) is 0 Å². The minimum absolute atomic E-state index is 0.161. The zero-order valence-corrected chi connectivity index (χ0v) is 17.8. The van der Waals surface area contributed by atoms with E-state index < -0.39 is 5.41 Å². The van der Waals surface area contributed by atoms with Crippen molar-refractivity contribution >= 4 is 23.5 Å². The number of amides is 2. The van der Waals surface area contributed by atoms with Crippen LogP contribution in [0.3, 0.4) is 0 Å². The summed E-state index contributed by atoms with van der Waals surface area (Å²) in [4.78, 5) is 38.5. The molecule has 0 saturated carbocycles. The maximum Gasteiger partial charge on any atom is 0.239 e. The molecular formula is C22H29N5O2. The van der Waals surface area contributed by atoms with E-state index in [2.05, 4.69) is 20.2 Å². The number of nitrogens with one attached hydrogen (secondary N) is 1. The Morgan fingerprint density at radius 1 is 0.966 bits per heavy atom. The number of aryl methyl sites for hydroxylation is 3. The number of anilines is 2. The number of hydrogen-bond donors (Lipinski definition) is 1. The van der Waals surface area contributed by atoms with Crippen LogP contribution in [0.2, 0.25) is 0 Å². The van der Waals surface area contributed by atoms with Gasteiger partial charge >= 0.3 is 0 Å². The fraction of sp³-hybridized carbons (Fsp3) is 0.455. The molecule has 0 unspecified atom stereocenters. The highest BCUT2D eigenvalue weighted by molar-refractivity contribution is 6.10. The molecule has 3 rings (SSSR count). The van der Waals surface area contributed by atoms with E-state index in [-0.39, 0.29) is 11.8 Å². The Morgan fingerprint density at radius 2 is 1.52 bits per heavy atom. The summed E-state index contributed by atoms with van der Waals surface area (Å²) in [6.07, 6.45) is 3.42. The lowest BCUT2D eigenvalue weighted by atomic mass is 9.89. The molecule has 1 aromatic carbocycles. The Morgan fingerprint density at radius 3 is 2.07 bits per heavy atom. The van der Waals surface area contributed by atoms with E-state index in [9.17, 15) is 9.59 Å². The van der Waals surface area contributed by atoms with Crippen molar-refractivity contribution in [1.82, 2.24) is 14.9 Å². The maximum atomic E-state index is 13.1. The first-order chi connectivity index (χ1) is 13.7. The van der Waals surface area contributed by atoms with Gasteiger partial charge in [-0.2, -0.15) is 0 Å². The number of piperazine rings is 1. The predicted molar refractivity (Wildman–Crippen MR) is 114 cm³/mol. The molecule has 2 aromatic rings. The van der Waals surface area contributed by atoms with Crippen molar-refractivity contribution < 1.29 is 9.59 Å². The van der Waals surface area contributed by atoms with Crippen molar-refractivity contribution in [2.75, 3.05) is 36.4 Å². The van der Waals surface area contributed by atoms with E-state index in [0.29, 0.717) is 32.1 Å². The average Bonchev–Trinajstić information content (AvgIpc) is 2.70. The quantitative estimate of drug-likeness (QED) is 0.806. The van der Waals surface area contributed by atoms with Gasteiger partial charge in [-0.3, -0.25) is 9.59 Å². The molecule has 2 amide bonds. The summed E-state index contributed by atoms with van der Waals surface area (Å²) >= 11 is 0. The van der Waals surface area contributed by atoms with Gasteiger partial charge in [-0.15, -0.1) is 0 Å². The number of hydrogen-bond acceptors (Lipinski definition) is 5. The van der Waals surface area contributed by atoms with Gasteiger partial charge in [0.25, 0.3) is 0 Å². The number of carbonyl (C=O) groups excluding carboxylic acids is 2. The molecule has 7 heteroatoms. The summed E-state index contributed by atoms with van der Waals surface area (Å²) in [5, 5.41) is 2.98. The Hall–Kier alpha value is -2.96. The number of nitrogens with zero attached hydrogens (tertiary/aromatic N) is 4. The van der Waals surface area contributed by atoms with Crippen LogP contribution in [0.1, 0.15) is 30.5 Å². The van der Waals surface area contributed by atoms with Crippen LogP contribution in [0.15, 0.2) is 30.6 Å². The third-order valence-electron chi connectivity index (χ3n) is 5.42. The molecule has 29 heavy (non-hydrogen) atoms. The summed E-state index contributed by atoms with van der Waals surface area (Å²) in [5.41, 5.74) is 2.77. The molecule has 154 valence electrons. The zero-order chi connectivity index (χ0) is 21.2. The van der Waals surface area contributed by atoms with Crippen LogP contribution in [0.25, 0.3) is 0 Å². The van der Waals surface area contributed by atoms with E-state index in [0.717, 1.165) is 22.4 Å². The van der Waals surface area contributed by atoms with Crippen LogP contribution < -0.4 is 10.2 Å². The van der Waals surface area contributed by atoms with Gasteiger partial charge in [0.2, 0.25) is 17.8 Å². The molecule has 1 saturated heterocycles. The molecule has 1 fully saturated rings. The lowest BCUT2D eigenvalue weighted by molar-refractivity contribution is -0.146. The SMILES string of the molecule is Cc1cc(C)c(NC(=O)C(C)(C)C(=O)N2CCN(c3ncccn3)CC2)c(C)c1. The molecule has 0 spiro atoms. The van der Waals surface area contributed by atoms with Crippen LogP contribution in [-0.4, -0.2) is 52.9 Å². The second-order valence-corrected chi connectivity index (χ2v) is 8.18. The first-order valence-electron chi connectivity index (χ1n) is 9.91. The number of rotatable bonds is 4. The first-order valence-corrected chi connectivity index (χ1v) is 9.91. The number of carbonyl (C=O) groups is 2. The summed E-state index contributed by atoms with van der Waals surface area (Å²) in [7, 11) is 0. The van der Waals surface area contributed by atoms with Crippen LogP contribution >= 0.6 is 0 Å². The predicted octanol–water partition coefficient (Wildman–Crippen LogP) is 2.72. The van der Waals surface area contributed by atoms with Gasteiger partial charge < -0.3 is 15.1 Å². The molecule has 0 bridgehead atoms. The Balaban J connectivity index is 1.66. The lowest BCUT2D eigenvalue weighted by Crippen LogP contribution is -2.54. The number of benzene rings is 1. The second-order valence-electron chi connectivity index (χ2n) is 8.18. The van der Waals surface area contributed by atoms with Gasteiger partial charge in [0.15, 0.2) is 0 Å². The smallest absolute Gasteiger partial charge is 0.239 e. The Kier molecular flexibility index (Phi) is 5.86. The standard InChI is InChI=1S/C22H29N5O2/c1-15-13-16(2)18(17(3)14-15)25-19(28)22(4,5)20(29)26-9-11-27(12-10-26)21-23-7-6-8-24-21/h6-8,13-14H,9-12H2,1-5H3,(H,25,28). The first kappa shape index (κ1) is 20.8. The minimum Gasteiger partial charge on any atom is -0.338 e. The molecule has 1 N–H and O–H groups in total. The fourth-order valence-corrected chi connectivity index (χ4v) is 3.70. The zero-order valence-electron chi connectivity index (χ0n) is 17.8. The molecule has 0 aliphatic carbocycles. The third-order valence-corrected chi connectivity index (χ3v) is 5.42. The van der Waals surface area contributed by atoms with Gasteiger partial charge in [0, 0.05) is 44.3 Å². The highest BCUT2D eigenvalue weighted by Gasteiger charge is 2.40. The lowest BCUT2D eigenvalue weighted by Gasteiger charge is -2.38. The van der Waals surface area contributed by atoms with E-state index in [1.54, 1.807) is 37.2 Å². The molecule has 1 aliphatic rings. The Labute approximate surface area is 172 Å². The van der Waals surface area contributed by atoms with Crippen LogP contribution in [-0.2, 0) is 9.59 Å². The van der Waals surface area contributed by atoms with Gasteiger partial charge in [0.1, 0.15) is 5.41 Å². The molecule has 1 aromatic heterocycles. The van der Waals surface area contributed by atoms with Crippen LogP contribution in [0, 0.1) is 26.2 Å². The summed E-state index contributed by atoms with van der Waals surface area (Å²) < 4.78 is 0. The molecule has 2 heterocycles. The van der Waals surface area contributed by atoms with Crippen molar-refractivity contribution in [3.8, 4) is 0 Å². The topological polar surface area (TPSA) is 78.4 Å². The summed E-state index contributed by atoms with van der Waals surface area (Å²) in [5.74, 6) is 0.222. The highest BCUT2D eigenvalue weighted by atomic mass is 16.2. The van der Waals surface area contributed by atoms with Crippen molar-refractivity contribution in [3.05, 3.63) is 47.3 Å². The van der Waals surface area contributed by atoms with Crippen molar-refractivity contribution in [2.24, 2.45) is 5.41 Å². The maximum absolute atomic E-state index is 13.1. The third kappa shape index (κ3) is 4.39. The fourth-order valence-electron chi connectivity index (χ4n) is 3.70. The largest absolute Gasteiger partial charge is 0.338 e. The van der Waals surface area contributed by atoms with E-state index in [1.165, 1.54) is 0 Å². The van der Waals surface area contributed by atoms with E-state index in [4.69, 9.17) is 0 Å². The van der Waals surface area contributed by atoms with Crippen molar-refractivity contribution in [2.45, 2.75) is 34.6 Å². The van der Waals surface area contributed by atoms with Gasteiger partial charge in [-0.1, -0.05) is 17.7 Å². The van der Waals surface area contributed by atoms with Crippen molar-refractivity contribution in [1.29, 1.82) is 0 Å². The molecule has 0 radical (unpaired) electrons. The van der Waals surface area contributed by atoms with Gasteiger partial charge in [0.05, 0.1) is 0 Å². The summed E-state index contributed by atoms with van der Waals surface area (Å²) in [6.45, 7) is 11.7. The van der Waals surface area contributed by atoms with Crippen LogP contribution in [0.4, 0.5) is 11.6 Å². The number of aromatic nitrogens is 2. The highest BCUT2D eigenvalue weighted by Crippen LogP contribution is 2.27. The average molecular weight is 396 g/mol. The van der Waals surface area contributed by atoms with Gasteiger partial charge in [-0.05, 0) is 51.8 Å².